The Morgan fingerprint density at radius 3 is 2.80 bits per heavy atom. The van der Waals surface area contributed by atoms with Crippen molar-refractivity contribution in [3.63, 3.8) is 0 Å². The Balaban J connectivity index is 2.18. The lowest BCUT2D eigenvalue weighted by atomic mass is 10.2. The number of benzene rings is 1. The van der Waals surface area contributed by atoms with Gasteiger partial charge in [-0.1, -0.05) is 29.8 Å². The number of carbonyl (C=O) groups is 1. The summed E-state index contributed by atoms with van der Waals surface area (Å²) in [5.74, 6) is 0.0435. The first-order valence-corrected chi connectivity index (χ1v) is 6.27. The minimum absolute atomic E-state index is 0.325. The summed E-state index contributed by atoms with van der Waals surface area (Å²) in [4.78, 5) is 16.1. The molecule has 1 aromatic carbocycles. The van der Waals surface area contributed by atoms with E-state index in [1.807, 2.05) is 12.1 Å². The number of hydrogen-bond acceptors (Lipinski definition) is 4. The average Bonchev–Trinajstić information content (AvgIpc) is 2.90. The Morgan fingerprint density at radius 1 is 1.25 bits per heavy atom. The number of rotatable bonds is 2. The molecule has 0 aliphatic carbocycles. The second-order valence-corrected chi connectivity index (χ2v) is 4.55. The van der Waals surface area contributed by atoms with E-state index in [9.17, 15) is 4.79 Å². The molecule has 3 aromatic rings. The molecule has 100 valence electrons. The minimum Gasteiger partial charge on any atom is -0.464 e. The van der Waals surface area contributed by atoms with Crippen LogP contribution < -0.4 is 0 Å². The van der Waals surface area contributed by atoms with Crippen LogP contribution in [0.1, 0.15) is 10.5 Å². The summed E-state index contributed by atoms with van der Waals surface area (Å²) in [6.45, 7) is 0. The van der Waals surface area contributed by atoms with E-state index in [1.165, 1.54) is 11.6 Å². The number of esters is 1. The van der Waals surface area contributed by atoms with Crippen molar-refractivity contribution < 1.29 is 9.53 Å². The molecular formula is C14H10ClN3O2. The molecule has 0 aliphatic heterocycles. The monoisotopic (exact) mass is 287 g/mol. The average molecular weight is 288 g/mol. The van der Waals surface area contributed by atoms with Gasteiger partial charge >= 0.3 is 5.97 Å². The van der Waals surface area contributed by atoms with E-state index in [-0.39, 0.29) is 0 Å². The Hall–Kier alpha value is -2.40. The minimum atomic E-state index is -0.460. The number of halogens is 1. The topological polar surface area (TPSA) is 56.5 Å². The molecule has 20 heavy (non-hydrogen) atoms. The number of nitrogens with zero attached hydrogens (tertiary/aromatic N) is 3. The van der Waals surface area contributed by atoms with Gasteiger partial charge in [0.05, 0.1) is 7.11 Å². The summed E-state index contributed by atoms with van der Waals surface area (Å²) in [5, 5.41) is 4.95. The molecule has 0 amide bonds. The van der Waals surface area contributed by atoms with Crippen LogP contribution in [0.4, 0.5) is 0 Å². The molecule has 0 atom stereocenters. The predicted molar refractivity (Wildman–Crippen MR) is 74.8 cm³/mol. The molecule has 0 saturated carbocycles. The molecule has 6 heteroatoms. The number of ether oxygens (including phenoxy) is 1. The molecule has 0 saturated heterocycles. The highest BCUT2D eigenvalue weighted by Crippen LogP contribution is 2.20. The standard InChI is InChI=1S/C14H10ClN3O2/c1-20-14(19)11-6-3-7-12-16-13(17-18(11)12)9-4-2-5-10(15)8-9/h2-8H,1H3. The van der Waals surface area contributed by atoms with Crippen molar-refractivity contribution in [2.24, 2.45) is 0 Å². The van der Waals surface area contributed by atoms with E-state index in [0.29, 0.717) is 22.2 Å². The zero-order valence-electron chi connectivity index (χ0n) is 10.6. The molecular weight excluding hydrogens is 278 g/mol. The summed E-state index contributed by atoms with van der Waals surface area (Å²) in [6, 6.07) is 12.4. The van der Waals surface area contributed by atoms with Crippen LogP contribution in [-0.2, 0) is 4.74 Å². The molecule has 3 rings (SSSR count). The summed E-state index contributed by atoms with van der Waals surface area (Å²) in [5.41, 5.74) is 1.69. The second kappa shape index (κ2) is 4.94. The van der Waals surface area contributed by atoms with Crippen molar-refractivity contribution in [3.8, 4) is 11.4 Å². The lowest BCUT2D eigenvalue weighted by molar-refractivity contribution is 0.0591. The summed E-state index contributed by atoms with van der Waals surface area (Å²) in [7, 11) is 1.33. The molecule has 0 unspecified atom stereocenters. The molecule has 0 N–H and O–H groups in total. The van der Waals surface area contributed by atoms with E-state index in [4.69, 9.17) is 16.3 Å². The van der Waals surface area contributed by atoms with Gasteiger partial charge in [-0.15, -0.1) is 5.10 Å². The van der Waals surface area contributed by atoms with Gasteiger partial charge in [0.1, 0.15) is 0 Å². The maximum atomic E-state index is 11.7. The first kappa shape index (κ1) is 12.6. The van der Waals surface area contributed by atoms with Gasteiger partial charge in [-0.3, -0.25) is 0 Å². The van der Waals surface area contributed by atoms with Gasteiger partial charge in [0.25, 0.3) is 0 Å². The van der Waals surface area contributed by atoms with Gasteiger partial charge in [0.15, 0.2) is 17.2 Å². The van der Waals surface area contributed by atoms with Crippen molar-refractivity contribution in [2.45, 2.75) is 0 Å². The van der Waals surface area contributed by atoms with Crippen molar-refractivity contribution in [1.82, 2.24) is 14.6 Å². The normalized spacial score (nSPS) is 10.7. The number of carbonyl (C=O) groups excluding carboxylic acids is 1. The Morgan fingerprint density at radius 2 is 2.05 bits per heavy atom. The maximum Gasteiger partial charge on any atom is 0.356 e. The first-order chi connectivity index (χ1) is 9.69. The highest BCUT2D eigenvalue weighted by Gasteiger charge is 2.14. The lowest BCUT2D eigenvalue weighted by Gasteiger charge is -2.00. The molecule has 0 fully saturated rings. The van der Waals surface area contributed by atoms with Crippen LogP contribution in [0.5, 0.6) is 0 Å². The molecule has 0 bridgehead atoms. The molecule has 2 heterocycles. The van der Waals surface area contributed by atoms with Crippen LogP contribution in [0, 0.1) is 0 Å². The van der Waals surface area contributed by atoms with Crippen LogP contribution in [0.15, 0.2) is 42.5 Å². The zero-order valence-corrected chi connectivity index (χ0v) is 11.3. The van der Waals surface area contributed by atoms with Crippen LogP contribution in [0.25, 0.3) is 17.0 Å². The fourth-order valence-corrected chi connectivity index (χ4v) is 2.10. The Kier molecular flexibility index (Phi) is 3.12. The highest BCUT2D eigenvalue weighted by molar-refractivity contribution is 6.30. The molecule has 0 spiro atoms. The van der Waals surface area contributed by atoms with Gasteiger partial charge in [-0.05, 0) is 24.3 Å². The quantitative estimate of drug-likeness (QED) is 0.680. The second-order valence-electron chi connectivity index (χ2n) is 4.12. The van der Waals surface area contributed by atoms with E-state index < -0.39 is 5.97 Å². The zero-order chi connectivity index (χ0) is 14.1. The Labute approximate surface area is 119 Å². The van der Waals surface area contributed by atoms with E-state index in [2.05, 4.69) is 10.1 Å². The fourth-order valence-electron chi connectivity index (χ4n) is 1.91. The number of methoxy groups -OCH3 is 1. The maximum absolute atomic E-state index is 11.7. The largest absolute Gasteiger partial charge is 0.464 e. The van der Waals surface area contributed by atoms with Crippen LogP contribution in [-0.4, -0.2) is 27.7 Å². The van der Waals surface area contributed by atoms with Crippen molar-refractivity contribution in [2.75, 3.05) is 7.11 Å². The van der Waals surface area contributed by atoms with Gasteiger partial charge in [0, 0.05) is 10.6 Å². The summed E-state index contributed by atoms with van der Waals surface area (Å²) in [6.07, 6.45) is 0. The third-order valence-corrected chi connectivity index (χ3v) is 3.07. The van der Waals surface area contributed by atoms with Gasteiger partial charge < -0.3 is 4.74 Å². The van der Waals surface area contributed by atoms with Crippen molar-refractivity contribution in [3.05, 3.63) is 53.2 Å². The number of fused-ring (bicyclic) bond motifs is 1. The fraction of sp³-hybridized carbons (Fsp3) is 0.0714. The van der Waals surface area contributed by atoms with Gasteiger partial charge in [-0.2, -0.15) is 0 Å². The van der Waals surface area contributed by atoms with Crippen LogP contribution >= 0.6 is 11.6 Å². The van der Waals surface area contributed by atoms with Gasteiger partial charge in [0.2, 0.25) is 0 Å². The first-order valence-electron chi connectivity index (χ1n) is 5.89. The lowest BCUT2D eigenvalue weighted by Crippen LogP contribution is -2.08. The number of hydrogen-bond donors (Lipinski definition) is 0. The van der Waals surface area contributed by atoms with Crippen molar-refractivity contribution >= 4 is 23.2 Å². The van der Waals surface area contributed by atoms with Crippen LogP contribution in [0.3, 0.4) is 0 Å². The summed E-state index contributed by atoms with van der Waals surface area (Å²) >= 11 is 5.96. The molecule has 0 radical (unpaired) electrons. The third kappa shape index (κ3) is 2.12. The van der Waals surface area contributed by atoms with Crippen LogP contribution in [0.2, 0.25) is 5.02 Å². The Bertz CT molecular complexity index is 798. The van der Waals surface area contributed by atoms with E-state index in [1.54, 1.807) is 30.3 Å². The molecule has 2 aromatic heterocycles. The smallest absolute Gasteiger partial charge is 0.356 e. The van der Waals surface area contributed by atoms with E-state index >= 15 is 0 Å². The van der Waals surface area contributed by atoms with Crippen molar-refractivity contribution in [1.29, 1.82) is 0 Å². The predicted octanol–water partition coefficient (Wildman–Crippen LogP) is 2.84. The highest BCUT2D eigenvalue weighted by atomic mass is 35.5. The SMILES string of the molecule is COC(=O)c1cccc2nc(-c3cccc(Cl)c3)nn12. The third-order valence-electron chi connectivity index (χ3n) is 2.84. The number of pyridine rings is 1. The molecule has 5 nitrogen and oxygen atoms in total. The number of aromatic nitrogens is 3. The van der Waals surface area contributed by atoms with E-state index in [0.717, 1.165) is 5.56 Å². The molecule has 0 aliphatic rings. The summed E-state index contributed by atoms with van der Waals surface area (Å²) < 4.78 is 6.19. The van der Waals surface area contributed by atoms with Gasteiger partial charge in [-0.25, -0.2) is 14.3 Å².